The third-order valence-corrected chi connectivity index (χ3v) is 4.44. The molecule has 0 atom stereocenters. The summed E-state index contributed by atoms with van der Waals surface area (Å²) in [5, 5.41) is 0.736. The summed E-state index contributed by atoms with van der Waals surface area (Å²) in [6.07, 6.45) is 2.88. The monoisotopic (exact) mass is 280 g/mol. The van der Waals surface area contributed by atoms with E-state index in [1.807, 2.05) is 0 Å². The Morgan fingerprint density at radius 2 is 1.94 bits per heavy atom. The molecule has 0 fully saturated rings. The van der Waals surface area contributed by atoms with Gasteiger partial charge in [-0.25, -0.2) is 4.98 Å². The van der Waals surface area contributed by atoms with Crippen molar-refractivity contribution in [1.29, 1.82) is 0 Å². The maximum absolute atomic E-state index is 6.18. The average molecular weight is 281 g/mol. The van der Waals surface area contributed by atoms with E-state index in [1.54, 1.807) is 18.0 Å². The van der Waals surface area contributed by atoms with E-state index >= 15 is 0 Å². The molecule has 2 aromatic heterocycles. The highest BCUT2D eigenvalue weighted by Gasteiger charge is 2.08. The molecule has 4 heteroatoms. The van der Waals surface area contributed by atoms with E-state index < -0.39 is 0 Å². The molecule has 0 amide bonds. The zero-order valence-corrected chi connectivity index (χ0v) is 12.5. The molecular weight excluding hydrogens is 264 g/mol. The Morgan fingerprint density at radius 1 is 1.28 bits per heavy atom. The van der Waals surface area contributed by atoms with E-state index in [0.717, 1.165) is 27.9 Å². The molecular formula is C14H17ClN2S. The van der Waals surface area contributed by atoms with Gasteiger partial charge in [0.2, 0.25) is 0 Å². The summed E-state index contributed by atoms with van der Waals surface area (Å²) in [5.74, 6) is 2.02. The Morgan fingerprint density at radius 3 is 2.56 bits per heavy atom. The predicted molar refractivity (Wildman–Crippen MR) is 79.1 cm³/mol. The number of thioether (sulfide) groups is 1. The van der Waals surface area contributed by atoms with E-state index in [1.165, 1.54) is 11.4 Å². The summed E-state index contributed by atoms with van der Waals surface area (Å²) in [5.41, 5.74) is 2.38. The smallest absolute Gasteiger partial charge is 0.138 e. The van der Waals surface area contributed by atoms with Crippen molar-refractivity contribution in [2.24, 2.45) is 0 Å². The number of hydrogen-bond donors (Lipinski definition) is 0. The number of nitrogens with zero attached hydrogens (tertiary/aromatic N) is 2. The fourth-order valence-corrected chi connectivity index (χ4v) is 2.96. The Labute approximate surface area is 117 Å². The first-order chi connectivity index (χ1) is 8.63. The van der Waals surface area contributed by atoms with Crippen LogP contribution in [-0.4, -0.2) is 15.3 Å². The highest BCUT2D eigenvalue weighted by molar-refractivity contribution is 7.99. The zero-order valence-electron chi connectivity index (χ0n) is 10.9. The van der Waals surface area contributed by atoms with Crippen molar-refractivity contribution in [3.8, 4) is 5.82 Å². The van der Waals surface area contributed by atoms with E-state index in [9.17, 15) is 0 Å². The van der Waals surface area contributed by atoms with Crippen molar-refractivity contribution in [1.82, 2.24) is 9.55 Å². The van der Waals surface area contributed by atoms with Crippen molar-refractivity contribution in [3.05, 3.63) is 40.8 Å². The van der Waals surface area contributed by atoms with Crippen molar-refractivity contribution < 1.29 is 0 Å². The van der Waals surface area contributed by atoms with E-state index in [2.05, 4.69) is 48.5 Å². The molecule has 0 aliphatic heterocycles. The largest absolute Gasteiger partial charge is 0.303 e. The second kappa shape index (κ2) is 5.81. The molecule has 0 N–H and O–H groups in total. The normalized spacial score (nSPS) is 10.9. The van der Waals surface area contributed by atoms with Gasteiger partial charge in [0.05, 0.1) is 5.02 Å². The SMILES string of the molecule is CCCSc1cc(-n2c(C)ccc2C)ncc1Cl. The van der Waals surface area contributed by atoms with Crippen LogP contribution in [-0.2, 0) is 0 Å². The first kappa shape index (κ1) is 13.5. The summed E-state index contributed by atoms with van der Waals surface area (Å²) >= 11 is 7.97. The number of rotatable bonds is 4. The summed E-state index contributed by atoms with van der Waals surface area (Å²) in [6, 6.07) is 6.28. The Balaban J connectivity index is 2.40. The molecule has 0 unspecified atom stereocenters. The molecule has 2 aromatic rings. The van der Waals surface area contributed by atoms with Gasteiger partial charge < -0.3 is 4.57 Å². The lowest BCUT2D eigenvalue weighted by atomic mass is 10.4. The highest BCUT2D eigenvalue weighted by Crippen LogP contribution is 2.29. The van der Waals surface area contributed by atoms with Crippen LogP contribution in [0.25, 0.3) is 5.82 Å². The minimum absolute atomic E-state index is 0.736. The predicted octanol–water partition coefficient (Wildman–Crippen LogP) is 4.64. The lowest BCUT2D eigenvalue weighted by molar-refractivity contribution is 0.915. The Hall–Kier alpha value is -0.930. The lowest BCUT2D eigenvalue weighted by Gasteiger charge is -2.11. The summed E-state index contributed by atoms with van der Waals surface area (Å²) < 4.78 is 2.15. The number of aromatic nitrogens is 2. The molecule has 2 heterocycles. The average Bonchev–Trinajstić information content (AvgIpc) is 2.68. The minimum atomic E-state index is 0.736. The second-order valence-corrected chi connectivity index (χ2v) is 5.82. The number of aryl methyl sites for hydroxylation is 2. The fourth-order valence-electron chi connectivity index (χ4n) is 1.88. The van der Waals surface area contributed by atoms with Crippen LogP contribution in [0.5, 0.6) is 0 Å². The summed E-state index contributed by atoms with van der Waals surface area (Å²) in [4.78, 5) is 5.54. The quantitative estimate of drug-likeness (QED) is 0.759. The topological polar surface area (TPSA) is 17.8 Å². The van der Waals surface area contributed by atoms with Gasteiger partial charge in [-0.1, -0.05) is 18.5 Å². The van der Waals surface area contributed by atoms with Crippen LogP contribution in [0.15, 0.2) is 29.3 Å². The third-order valence-electron chi connectivity index (χ3n) is 2.77. The van der Waals surface area contributed by atoms with Crippen molar-refractivity contribution in [2.75, 3.05) is 5.75 Å². The van der Waals surface area contributed by atoms with Gasteiger partial charge >= 0.3 is 0 Å². The minimum Gasteiger partial charge on any atom is -0.303 e. The van der Waals surface area contributed by atoms with Gasteiger partial charge in [0, 0.05) is 22.5 Å². The molecule has 0 saturated carbocycles. The summed E-state index contributed by atoms with van der Waals surface area (Å²) in [7, 11) is 0. The molecule has 0 saturated heterocycles. The van der Waals surface area contributed by atoms with Gasteiger partial charge in [-0.05, 0) is 44.2 Å². The lowest BCUT2D eigenvalue weighted by Crippen LogP contribution is -2.01. The van der Waals surface area contributed by atoms with Gasteiger partial charge in [-0.3, -0.25) is 0 Å². The molecule has 0 aliphatic rings. The van der Waals surface area contributed by atoms with E-state index in [-0.39, 0.29) is 0 Å². The van der Waals surface area contributed by atoms with Gasteiger partial charge in [-0.15, -0.1) is 11.8 Å². The third kappa shape index (κ3) is 2.73. The molecule has 0 radical (unpaired) electrons. The zero-order chi connectivity index (χ0) is 13.1. The molecule has 0 aliphatic carbocycles. The van der Waals surface area contributed by atoms with Gasteiger partial charge in [0.25, 0.3) is 0 Å². The second-order valence-electron chi connectivity index (χ2n) is 4.27. The van der Waals surface area contributed by atoms with Gasteiger partial charge in [0.15, 0.2) is 0 Å². The maximum atomic E-state index is 6.18. The van der Waals surface area contributed by atoms with Crippen molar-refractivity contribution in [3.63, 3.8) is 0 Å². The van der Waals surface area contributed by atoms with E-state index in [0.29, 0.717) is 0 Å². The van der Waals surface area contributed by atoms with Crippen LogP contribution in [0, 0.1) is 13.8 Å². The van der Waals surface area contributed by atoms with Crippen LogP contribution < -0.4 is 0 Å². The van der Waals surface area contributed by atoms with Crippen LogP contribution >= 0.6 is 23.4 Å². The van der Waals surface area contributed by atoms with E-state index in [4.69, 9.17) is 11.6 Å². The van der Waals surface area contributed by atoms with Crippen molar-refractivity contribution in [2.45, 2.75) is 32.1 Å². The van der Waals surface area contributed by atoms with Crippen LogP contribution in [0.3, 0.4) is 0 Å². The molecule has 0 aromatic carbocycles. The highest BCUT2D eigenvalue weighted by atomic mass is 35.5. The molecule has 18 heavy (non-hydrogen) atoms. The Bertz CT molecular complexity index is 529. The fraction of sp³-hybridized carbons (Fsp3) is 0.357. The number of pyridine rings is 1. The molecule has 0 bridgehead atoms. The van der Waals surface area contributed by atoms with Crippen molar-refractivity contribution >= 4 is 23.4 Å². The summed E-state index contributed by atoms with van der Waals surface area (Å²) in [6.45, 7) is 6.34. The van der Waals surface area contributed by atoms with Gasteiger partial charge in [0.1, 0.15) is 5.82 Å². The van der Waals surface area contributed by atoms with Crippen LogP contribution in [0.1, 0.15) is 24.7 Å². The molecule has 2 rings (SSSR count). The molecule has 0 spiro atoms. The first-order valence-corrected chi connectivity index (χ1v) is 7.43. The standard InChI is InChI=1S/C14H17ClN2S/c1-4-7-18-13-8-14(16-9-12(13)15)17-10(2)5-6-11(17)3/h5-6,8-9H,4,7H2,1-3H3. The maximum Gasteiger partial charge on any atom is 0.138 e. The number of halogens is 1. The van der Waals surface area contributed by atoms with Crippen LogP contribution in [0.4, 0.5) is 0 Å². The first-order valence-electron chi connectivity index (χ1n) is 6.07. The molecule has 2 nitrogen and oxygen atoms in total. The van der Waals surface area contributed by atoms with Crippen LogP contribution in [0.2, 0.25) is 5.02 Å². The molecule has 96 valence electrons. The Kier molecular flexibility index (Phi) is 4.36. The number of hydrogen-bond acceptors (Lipinski definition) is 2. The van der Waals surface area contributed by atoms with Gasteiger partial charge in [-0.2, -0.15) is 0 Å².